The summed E-state index contributed by atoms with van der Waals surface area (Å²) >= 11 is 6.01. The second-order valence-corrected chi connectivity index (χ2v) is 8.00. The van der Waals surface area contributed by atoms with E-state index in [9.17, 15) is 4.79 Å². The molecule has 2 aliphatic rings. The van der Waals surface area contributed by atoms with Gasteiger partial charge in [-0.25, -0.2) is 0 Å². The molecule has 0 unspecified atom stereocenters. The highest BCUT2D eigenvalue weighted by Crippen LogP contribution is 2.39. The van der Waals surface area contributed by atoms with Crippen molar-refractivity contribution in [2.75, 3.05) is 31.1 Å². The van der Waals surface area contributed by atoms with Crippen LogP contribution in [0.1, 0.15) is 35.0 Å². The van der Waals surface area contributed by atoms with E-state index in [1.165, 1.54) is 0 Å². The van der Waals surface area contributed by atoms with E-state index in [0.717, 1.165) is 43.1 Å². The number of carbonyl (C=O) groups excluding carboxylic acids is 1. The number of piperazine rings is 1. The van der Waals surface area contributed by atoms with Crippen molar-refractivity contribution in [2.45, 2.75) is 18.8 Å². The van der Waals surface area contributed by atoms with E-state index >= 15 is 0 Å². The monoisotopic (exact) mass is 408 g/mol. The second kappa shape index (κ2) is 7.52. The molecule has 1 aliphatic heterocycles. The molecular formula is C22H21ClN4O2. The van der Waals surface area contributed by atoms with Crippen LogP contribution in [0.15, 0.2) is 53.1 Å². The molecule has 29 heavy (non-hydrogen) atoms. The first-order chi connectivity index (χ1) is 14.2. The molecule has 6 nitrogen and oxygen atoms in total. The molecule has 1 saturated carbocycles. The highest BCUT2D eigenvalue weighted by Gasteiger charge is 2.29. The summed E-state index contributed by atoms with van der Waals surface area (Å²) in [5.41, 5.74) is 2.73. The van der Waals surface area contributed by atoms with Crippen LogP contribution >= 0.6 is 11.6 Å². The highest BCUT2D eigenvalue weighted by atomic mass is 35.5. The zero-order valence-corrected chi connectivity index (χ0v) is 16.7. The van der Waals surface area contributed by atoms with Gasteiger partial charge in [-0.15, -0.1) is 0 Å². The van der Waals surface area contributed by atoms with Gasteiger partial charge in [0.25, 0.3) is 5.91 Å². The standard InChI is InChI=1S/C22H21ClN4O2/c23-18-3-1-2-17(14-18)22(28)27-12-10-26(11-13-27)19-8-6-15(7-9-19)20-24-21(29-25-20)16-4-5-16/h1-3,6-9,14,16H,4-5,10-13H2. The summed E-state index contributed by atoms with van der Waals surface area (Å²) in [6.07, 6.45) is 2.29. The van der Waals surface area contributed by atoms with E-state index < -0.39 is 0 Å². The first-order valence-corrected chi connectivity index (χ1v) is 10.3. The number of benzene rings is 2. The number of rotatable bonds is 4. The van der Waals surface area contributed by atoms with Gasteiger partial charge >= 0.3 is 0 Å². The molecule has 1 aliphatic carbocycles. The molecular weight excluding hydrogens is 388 g/mol. The fourth-order valence-corrected chi connectivity index (χ4v) is 3.83. The Kier molecular flexibility index (Phi) is 4.72. The first kappa shape index (κ1) is 18.2. The maximum Gasteiger partial charge on any atom is 0.254 e. The molecule has 2 aromatic carbocycles. The zero-order valence-electron chi connectivity index (χ0n) is 15.9. The molecule has 5 rings (SSSR count). The van der Waals surface area contributed by atoms with Crippen LogP contribution in [0.3, 0.4) is 0 Å². The number of anilines is 1. The van der Waals surface area contributed by atoms with Crippen molar-refractivity contribution in [3.63, 3.8) is 0 Å². The lowest BCUT2D eigenvalue weighted by atomic mass is 10.1. The fraction of sp³-hybridized carbons (Fsp3) is 0.318. The Morgan fingerprint density at radius 1 is 1.03 bits per heavy atom. The average Bonchev–Trinajstić information content (AvgIpc) is 3.50. The van der Waals surface area contributed by atoms with E-state index in [4.69, 9.17) is 16.1 Å². The van der Waals surface area contributed by atoms with Crippen LogP contribution in [0.5, 0.6) is 0 Å². The Morgan fingerprint density at radius 2 is 1.79 bits per heavy atom. The number of hydrogen-bond acceptors (Lipinski definition) is 5. The van der Waals surface area contributed by atoms with Crippen molar-refractivity contribution >= 4 is 23.2 Å². The summed E-state index contributed by atoms with van der Waals surface area (Å²) < 4.78 is 5.35. The normalized spacial score (nSPS) is 16.9. The topological polar surface area (TPSA) is 62.5 Å². The molecule has 2 fully saturated rings. The van der Waals surface area contributed by atoms with Gasteiger partial charge in [0.05, 0.1) is 0 Å². The molecule has 0 N–H and O–H groups in total. The third-order valence-corrected chi connectivity index (χ3v) is 5.73. The molecule has 1 aromatic heterocycles. The third-order valence-electron chi connectivity index (χ3n) is 5.50. The Morgan fingerprint density at radius 3 is 2.48 bits per heavy atom. The smallest absolute Gasteiger partial charge is 0.254 e. The minimum absolute atomic E-state index is 0.0334. The predicted molar refractivity (Wildman–Crippen MR) is 111 cm³/mol. The minimum Gasteiger partial charge on any atom is -0.368 e. The molecule has 7 heteroatoms. The molecule has 2 heterocycles. The van der Waals surface area contributed by atoms with Crippen molar-refractivity contribution in [2.24, 2.45) is 0 Å². The van der Waals surface area contributed by atoms with Crippen LogP contribution in [0, 0.1) is 0 Å². The summed E-state index contributed by atoms with van der Waals surface area (Å²) in [6, 6.07) is 15.3. The van der Waals surface area contributed by atoms with Crippen LogP contribution < -0.4 is 4.90 Å². The largest absolute Gasteiger partial charge is 0.368 e. The zero-order chi connectivity index (χ0) is 19.8. The number of halogens is 1. The number of nitrogens with zero attached hydrogens (tertiary/aromatic N) is 4. The van der Waals surface area contributed by atoms with Gasteiger partial charge in [0.2, 0.25) is 11.7 Å². The minimum atomic E-state index is 0.0334. The average molecular weight is 409 g/mol. The molecule has 0 bridgehead atoms. The van der Waals surface area contributed by atoms with E-state index in [-0.39, 0.29) is 5.91 Å². The van der Waals surface area contributed by atoms with Crippen LogP contribution in [0.4, 0.5) is 5.69 Å². The second-order valence-electron chi connectivity index (χ2n) is 7.57. The number of carbonyl (C=O) groups is 1. The Labute approximate surface area is 174 Å². The lowest BCUT2D eigenvalue weighted by Gasteiger charge is -2.36. The summed E-state index contributed by atoms with van der Waals surface area (Å²) in [7, 11) is 0. The summed E-state index contributed by atoms with van der Waals surface area (Å²) in [4.78, 5) is 21.4. The molecule has 3 aromatic rings. The van der Waals surface area contributed by atoms with Gasteiger partial charge < -0.3 is 14.3 Å². The lowest BCUT2D eigenvalue weighted by molar-refractivity contribution is 0.0747. The SMILES string of the molecule is O=C(c1cccc(Cl)c1)N1CCN(c2ccc(-c3noc(C4CC4)n3)cc2)CC1. The third kappa shape index (κ3) is 3.85. The van der Waals surface area contributed by atoms with Gasteiger partial charge in [-0.3, -0.25) is 4.79 Å². The number of amides is 1. The summed E-state index contributed by atoms with van der Waals surface area (Å²) in [6.45, 7) is 2.95. The van der Waals surface area contributed by atoms with Crippen molar-refractivity contribution in [3.8, 4) is 11.4 Å². The van der Waals surface area contributed by atoms with Gasteiger partial charge in [-0.05, 0) is 55.3 Å². The Hall–Kier alpha value is -2.86. The molecule has 0 radical (unpaired) electrons. The van der Waals surface area contributed by atoms with Crippen molar-refractivity contribution < 1.29 is 9.32 Å². The van der Waals surface area contributed by atoms with Crippen LogP contribution in [-0.4, -0.2) is 47.1 Å². The van der Waals surface area contributed by atoms with Gasteiger partial charge in [0.1, 0.15) is 0 Å². The predicted octanol–water partition coefficient (Wildman–Crippen LogP) is 4.23. The maximum absolute atomic E-state index is 12.7. The van der Waals surface area contributed by atoms with Crippen LogP contribution in [0.2, 0.25) is 5.02 Å². The van der Waals surface area contributed by atoms with Crippen molar-refractivity contribution in [1.29, 1.82) is 0 Å². The summed E-state index contributed by atoms with van der Waals surface area (Å²) in [5.74, 6) is 1.90. The molecule has 0 atom stereocenters. The van der Waals surface area contributed by atoms with Gasteiger partial charge in [0, 0.05) is 53.9 Å². The lowest BCUT2D eigenvalue weighted by Crippen LogP contribution is -2.48. The van der Waals surface area contributed by atoms with Gasteiger partial charge in [-0.1, -0.05) is 22.8 Å². The van der Waals surface area contributed by atoms with Gasteiger partial charge in [0.15, 0.2) is 0 Å². The van der Waals surface area contributed by atoms with Crippen LogP contribution in [-0.2, 0) is 0 Å². The Bertz CT molecular complexity index is 1020. The van der Waals surface area contributed by atoms with Crippen molar-refractivity contribution in [3.05, 3.63) is 65.0 Å². The fourth-order valence-electron chi connectivity index (χ4n) is 3.64. The molecule has 1 saturated heterocycles. The Balaban J connectivity index is 1.22. The molecule has 1 amide bonds. The molecule has 148 valence electrons. The summed E-state index contributed by atoms with van der Waals surface area (Å²) in [5, 5.41) is 4.68. The maximum atomic E-state index is 12.7. The van der Waals surface area contributed by atoms with E-state index in [1.807, 2.05) is 29.2 Å². The van der Waals surface area contributed by atoms with E-state index in [0.29, 0.717) is 35.4 Å². The van der Waals surface area contributed by atoms with E-state index in [1.54, 1.807) is 12.1 Å². The number of hydrogen-bond donors (Lipinski definition) is 0. The first-order valence-electron chi connectivity index (χ1n) is 9.91. The quantitative estimate of drug-likeness (QED) is 0.646. The van der Waals surface area contributed by atoms with Gasteiger partial charge in [-0.2, -0.15) is 4.98 Å². The van der Waals surface area contributed by atoms with Crippen LogP contribution in [0.25, 0.3) is 11.4 Å². The highest BCUT2D eigenvalue weighted by molar-refractivity contribution is 6.30. The molecule has 0 spiro atoms. The van der Waals surface area contributed by atoms with Crippen molar-refractivity contribution in [1.82, 2.24) is 15.0 Å². The van der Waals surface area contributed by atoms with E-state index in [2.05, 4.69) is 27.2 Å². The number of aromatic nitrogens is 2.